The van der Waals surface area contributed by atoms with Crippen molar-refractivity contribution in [1.29, 1.82) is 0 Å². The highest BCUT2D eigenvalue weighted by molar-refractivity contribution is 5.80. The summed E-state index contributed by atoms with van der Waals surface area (Å²) in [5, 5.41) is 10.2. The number of aliphatic hydroxyl groups is 1. The molecule has 0 aliphatic heterocycles. The minimum absolute atomic E-state index is 0.0727. The summed E-state index contributed by atoms with van der Waals surface area (Å²) in [4.78, 5) is 17.5. The average Bonchev–Trinajstić information content (AvgIpc) is 2.98. The predicted molar refractivity (Wildman–Crippen MR) is 166 cm³/mol. The number of carbonyl (C=O) groups is 1. The number of rotatable bonds is 16. The Bertz CT molecular complexity index is 1270. The number of ether oxygens (including phenoxy) is 1. The van der Waals surface area contributed by atoms with Gasteiger partial charge in [0.05, 0.1) is 12.9 Å². The van der Waals surface area contributed by atoms with Gasteiger partial charge in [0.1, 0.15) is 11.5 Å². The highest BCUT2D eigenvalue weighted by atomic mass is 16.5. The third-order valence-corrected chi connectivity index (χ3v) is 7.37. The number of ketones is 1. The maximum Gasteiger partial charge on any atom is 0.133 e. The lowest BCUT2D eigenvalue weighted by molar-refractivity contribution is -0.119. The molecular formula is C36H43NO3. The lowest BCUT2D eigenvalue weighted by Crippen LogP contribution is -2.14. The van der Waals surface area contributed by atoms with Crippen molar-refractivity contribution >= 4 is 12.0 Å². The fraction of sp³-hybridized carbons (Fsp3) is 0.333. The molecule has 0 fully saturated rings. The summed E-state index contributed by atoms with van der Waals surface area (Å²) in [6, 6.07) is 26.5. The second-order valence-electron chi connectivity index (χ2n) is 10.4. The summed E-state index contributed by atoms with van der Waals surface area (Å²) in [6.45, 7) is 8.09. The highest BCUT2D eigenvalue weighted by Gasteiger charge is 2.17. The minimum Gasteiger partial charge on any atom is -0.513 e. The number of hydrogen-bond donors (Lipinski definition) is 1. The fourth-order valence-electron chi connectivity index (χ4n) is 4.63. The molecule has 0 bridgehead atoms. The van der Waals surface area contributed by atoms with Crippen LogP contribution >= 0.6 is 0 Å². The molecule has 0 aromatic heterocycles. The van der Waals surface area contributed by atoms with Crippen LogP contribution in [0, 0.1) is 5.92 Å². The zero-order valence-electron chi connectivity index (χ0n) is 24.2. The van der Waals surface area contributed by atoms with Crippen LogP contribution in [0.4, 0.5) is 0 Å². The van der Waals surface area contributed by atoms with Gasteiger partial charge in [-0.3, -0.25) is 9.79 Å². The van der Waals surface area contributed by atoms with E-state index < -0.39 is 0 Å². The molecule has 0 spiro atoms. The first-order valence-electron chi connectivity index (χ1n) is 14.3. The van der Waals surface area contributed by atoms with Crippen LogP contribution in [0.2, 0.25) is 0 Å². The highest BCUT2D eigenvalue weighted by Crippen LogP contribution is 2.22. The quantitative estimate of drug-likeness (QED) is 0.147. The van der Waals surface area contributed by atoms with Gasteiger partial charge in [0, 0.05) is 30.7 Å². The van der Waals surface area contributed by atoms with Crippen LogP contribution in [0.15, 0.2) is 107 Å². The van der Waals surface area contributed by atoms with Crippen LogP contribution < -0.4 is 4.74 Å². The number of allylic oxidation sites excluding steroid dienone is 3. The fourth-order valence-corrected chi connectivity index (χ4v) is 4.63. The molecular weight excluding hydrogens is 494 g/mol. The second kappa shape index (κ2) is 16.2. The SMILES string of the molecule is C=C(O)C(CC(=O)CCc1ccc(OC)cc1)Cc1ccc(CCC/C(N=Cc2ccccc2)=C(\C)CC)cc1. The van der Waals surface area contributed by atoms with Crippen LogP contribution in [-0.4, -0.2) is 24.2 Å². The third-order valence-electron chi connectivity index (χ3n) is 7.37. The van der Waals surface area contributed by atoms with E-state index in [9.17, 15) is 9.90 Å². The lowest BCUT2D eigenvalue weighted by Gasteiger charge is -2.15. The van der Waals surface area contributed by atoms with Crippen LogP contribution in [-0.2, 0) is 24.1 Å². The van der Waals surface area contributed by atoms with Gasteiger partial charge in [0.15, 0.2) is 0 Å². The van der Waals surface area contributed by atoms with Gasteiger partial charge in [-0.15, -0.1) is 0 Å². The first kappa shape index (κ1) is 30.6. The Hall–Kier alpha value is -3.92. The van der Waals surface area contributed by atoms with Gasteiger partial charge in [-0.1, -0.05) is 85.8 Å². The van der Waals surface area contributed by atoms with Gasteiger partial charge >= 0.3 is 0 Å². The van der Waals surface area contributed by atoms with Crippen LogP contribution in [0.3, 0.4) is 0 Å². The van der Waals surface area contributed by atoms with E-state index in [2.05, 4.69) is 56.8 Å². The Morgan fingerprint density at radius 3 is 2.17 bits per heavy atom. The van der Waals surface area contributed by atoms with E-state index in [0.29, 0.717) is 25.7 Å². The topological polar surface area (TPSA) is 58.9 Å². The Kier molecular flexibility index (Phi) is 12.4. The Morgan fingerprint density at radius 2 is 1.55 bits per heavy atom. The molecule has 0 radical (unpaired) electrons. The van der Waals surface area contributed by atoms with E-state index in [1.807, 2.05) is 48.7 Å². The van der Waals surface area contributed by atoms with E-state index in [-0.39, 0.29) is 17.5 Å². The molecule has 0 saturated carbocycles. The maximum atomic E-state index is 12.7. The summed E-state index contributed by atoms with van der Waals surface area (Å²) >= 11 is 0. The average molecular weight is 538 g/mol. The first-order chi connectivity index (χ1) is 19.4. The molecule has 40 heavy (non-hydrogen) atoms. The zero-order valence-corrected chi connectivity index (χ0v) is 24.2. The third kappa shape index (κ3) is 10.3. The van der Waals surface area contributed by atoms with E-state index in [4.69, 9.17) is 9.73 Å². The Labute approximate surface area is 240 Å². The van der Waals surface area contributed by atoms with E-state index in [1.165, 1.54) is 16.8 Å². The smallest absolute Gasteiger partial charge is 0.133 e. The van der Waals surface area contributed by atoms with Gasteiger partial charge < -0.3 is 9.84 Å². The number of carbonyl (C=O) groups excluding carboxylic acids is 1. The minimum atomic E-state index is -0.276. The zero-order chi connectivity index (χ0) is 28.7. The van der Waals surface area contributed by atoms with Gasteiger partial charge in [-0.25, -0.2) is 0 Å². The number of nitrogens with zero attached hydrogens (tertiary/aromatic N) is 1. The maximum absolute atomic E-state index is 12.7. The number of benzene rings is 3. The summed E-state index contributed by atoms with van der Waals surface area (Å²) in [7, 11) is 1.64. The number of methoxy groups -OCH3 is 1. The van der Waals surface area contributed by atoms with Crippen molar-refractivity contribution in [2.75, 3.05) is 7.11 Å². The summed E-state index contributed by atoms with van der Waals surface area (Å²) in [5.74, 6) is 0.734. The van der Waals surface area contributed by atoms with E-state index >= 15 is 0 Å². The summed E-state index contributed by atoms with van der Waals surface area (Å²) in [5.41, 5.74) is 7.09. The van der Waals surface area contributed by atoms with E-state index in [1.54, 1.807) is 7.11 Å². The number of aryl methyl sites for hydroxylation is 2. The van der Waals surface area contributed by atoms with Crippen molar-refractivity contribution in [2.24, 2.45) is 10.9 Å². The molecule has 0 aliphatic rings. The molecule has 1 unspecified atom stereocenters. The van der Waals surface area contributed by atoms with Gasteiger partial charge in [-0.2, -0.15) is 0 Å². The normalized spacial score (nSPS) is 12.7. The predicted octanol–water partition coefficient (Wildman–Crippen LogP) is 8.64. The number of hydrogen-bond acceptors (Lipinski definition) is 4. The van der Waals surface area contributed by atoms with Crippen molar-refractivity contribution in [3.63, 3.8) is 0 Å². The molecule has 0 heterocycles. The van der Waals surface area contributed by atoms with Crippen molar-refractivity contribution < 1.29 is 14.6 Å². The monoisotopic (exact) mass is 537 g/mol. The first-order valence-corrected chi connectivity index (χ1v) is 14.3. The summed E-state index contributed by atoms with van der Waals surface area (Å²) in [6.07, 6.45) is 7.90. The molecule has 0 aliphatic carbocycles. The van der Waals surface area contributed by atoms with Crippen LogP contribution in [0.1, 0.15) is 68.2 Å². The molecule has 0 saturated heterocycles. The summed E-state index contributed by atoms with van der Waals surface area (Å²) < 4.78 is 5.19. The van der Waals surface area contributed by atoms with Crippen LogP contribution in [0.25, 0.3) is 0 Å². The van der Waals surface area contributed by atoms with Crippen LogP contribution in [0.5, 0.6) is 5.75 Å². The number of aliphatic hydroxyl groups excluding tert-OH is 1. The van der Waals surface area contributed by atoms with Gasteiger partial charge in [-0.05, 0) is 79.8 Å². The largest absolute Gasteiger partial charge is 0.513 e. The number of aliphatic imine (C=N–C) groups is 1. The van der Waals surface area contributed by atoms with Gasteiger partial charge in [0.25, 0.3) is 0 Å². The lowest BCUT2D eigenvalue weighted by atomic mass is 9.90. The molecule has 1 N–H and O–H groups in total. The van der Waals surface area contributed by atoms with E-state index in [0.717, 1.165) is 48.1 Å². The van der Waals surface area contributed by atoms with Gasteiger partial charge in [0.2, 0.25) is 0 Å². The molecule has 3 aromatic carbocycles. The molecule has 1 atom stereocenters. The van der Waals surface area contributed by atoms with Crippen molar-refractivity contribution in [3.05, 3.63) is 125 Å². The molecule has 0 amide bonds. The number of Topliss-reactive ketones (excluding diaryl/α,β-unsaturated/α-hetero) is 1. The Morgan fingerprint density at radius 1 is 0.925 bits per heavy atom. The molecule has 3 rings (SSSR count). The molecule has 4 nitrogen and oxygen atoms in total. The van der Waals surface area contributed by atoms with Crippen molar-refractivity contribution in [2.45, 2.75) is 65.2 Å². The second-order valence-corrected chi connectivity index (χ2v) is 10.4. The Balaban J connectivity index is 1.49. The van der Waals surface area contributed by atoms with Crippen molar-refractivity contribution in [1.82, 2.24) is 0 Å². The standard InChI is InChI=1S/C36H43NO3/c1-5-27(2)36(37-26-32-10-7-6-8-11-32)13-9-12-29-14-16-31(17-15-29)24-33(28(3)38)25-34(39)21-18-30-19-22-35(40-4)23-20-30/h6-8,10-11,14-17,19-20,22-23,26,33,38H,3,5,9,12-13,18,21,24-25H2,1-2,4H3/b36-27-,37-26?. The molecule has 210 valence electrons. The molecule has 4 heteroatoms. The molecule has 3 aromatic rings. The van der Waals surface area contributed by atoms with Crippen molar-refractivity contribution in [3.8, 4) is 5.75 Å².